The zero-order valence-electron chi connectivity index (χ0n) is 11.7. The highest BCUT2D eigenvalue weighted by Crippen LogP contribution is 2.18. The van der Waals surface area contributed by atoms with E-state index in [2.05, 4.69) is 10.6 Å². The van der Waals surface area contributed by atoms with E-state index in [1.165, 1.54) is 24.5 Å². The molecule has 2 rings (SSSR count). The molecule has 0 saturated carbocycles. The minimum Gasteiger partial charge on any atom is -0.467 e. The minimum absolute atomic E-state index is 0.0323. The number of carbonyl (C=O) groups is 1. The van der Waals surface area contributed by atoms with Gasteiger partial charge in [-0.3, -0.25) is 20.2 Å². The predicted octanol–water partition coefficient (Wildman–Crippen LogP) is 2.30. The molecule has 7 nitrogen and oxygen atoms in total. The van der Waals surface area contributed by atoms with Crippen LogP contribution in [0.15, 0.2) is 41.0 Å². The summed E-state index contributed by atoms with van der Waals surface area (Å²) in [6.07, 6.45) is 1.54. The van der Waals surface area contributed by atoms with Crippen LogP contribution in [0.25, 0.3) is 0 Å². The molecular weight excluding hydrogens is 306 g/mol. The average molecular weight is 319 g/mol. The summed E-state index contributed by atoms with van der Waals surface area (Å²) >= 11 is 5.01. The molecule has 0 bridgehead atoms. The fourth-order valence-electron chi connectivity index (χ4n) is 1.80. The highest BCUT2D eigenvalue weighted by molar-refractivity contribution is 7.80. The molecule has 8 heteroatoms. The van der Waals surface area contributed by atoms with Crippen LogP contribution in [0.3, 0.4) is 0 Å². The van der Waals surface area contributed by atoms with Gasteiger partial charge >= 0.3 is 0 Å². The summed E-state index contributed by atoms with van der Waals surface area (Å²) in [7, 11) is 0. The van der Waals surface area contributed by atoms with Crippen LogP contribution in [-0.2, 0) is 6.54 Å². The maximum Gasteiger partial charge on any atom is 0.272 e. The third-order valence-electron chi connectivity index (χ3n) is 2.89. The predicted molar refractivity (Wildman–Crippen MR) is 83.4 cm³/mol. The summed E-state index contributed by atoms with van der Waals surface area (Å²) in [5, 5.41) is 16.2. The molecule has 0 aliphatic rings. The lowest BCUT2D eigenvalue weighted by molar-refractivity contribution is -0.385. The number of thiocarbonyl (C=S) groups is 1. The Labute approximate surface area is 131 Å². The zero-order valence-corrected chi connectivity index (χ0v) is 12.5. The Kier molecular flexibility index (Phi) is 4.84. The largest absolute Gasteiger partial charge is 0.467 e. The van der Waals surface area contributed by atoms with E-state index >= 15 is 0 Å². The number of nitro groups is 1. The van der Waals surface area contributed by atoms with Crippen molar-refractivity contribution in [2.75, 3.05) is 0 Å². The third-order valence-corrected chi connectivity index (χ3v) is 3.13. The van der Waals surface area contributed by atoms with Gasteiger partial charge in [0.05, 0.1) is 17.7 Å². The fraction of sp³-hybridized carbons (Fsp3) is 0.143. The third kappa shape index (κ3) is 3.89. The Morgan fingerprint density at radius 2 is 2.18 bits per heavy atom. The monoisotopic (exact) mass is 319 g/mol. The number of aryl methyl sites for hydroxylation is 1. The van der Waals surface area contributed by atoms with Gasteiger partial charge < -0.3 is 9.73 Å². The Bertz CT molecular complexity index is 713. The molecule has 0 unspecified atom stereocenters. The number of hydrogen-bond donors (Lipinski definition) is 2. The molecule has 114 valence electrons. The Hall–Kier alpha value is -2.74. The molecule has 2 N–H and O–H groups in total. The van der Waals surface area contributed by atoms with E-state index in [4.69, 9.17) is 16.6 Å². The van der Waals surface area contributed by atoms with Crippen LogP contribution in [0.5, 0.6) is 0 Å². The van der Waals surface area contributed by atoms with Crippen LogP contribution < -0.4 is 10.6 Å². The van der Waals surface area contributed by atoms with Crippen molar-refractivity contribution in [2.45, 2.75) is 13.5 Å². The zero-order chi connectivity index (χ0) is 16.1. The molecule has 0 radical (unpaired) electrons. The number of amides is 1. The SMILES string of the molecule is Cc1cc(C(=O)NC(=S)NCc2ccco2)ccc1[N+](=O)[O-]. The van der Waals surface area contributed by atoms with E-state index in [9.17, 15) is 14.9 Å². The lowest BCUT2D eigenvalue weighted by Crippen LogP contribution is -2.38. The molecule has 0 aliphatic heterocycles. The number of carbonyl (C=O) groups excluding carboxylic acids is 1. The summed E-state index contributed by atoms with van der Waals surface area (Å²) < 4.78 is 5.13. The van der Waals surface area contributed by atoms with Gasteiger partial charge in [-0.1, -0.05) is 0 Å². The van der Waals surface area contributed by atoms with E-state index in [1.54, 1.807) is 19.1 Å². The number of furan rings is 1. The molecule has 1 aromatic carbocycles. The van der Waals surface area contributed by atoms with E-state index in [0.29, 0.717) is 23.4 Å². The molecule has 0 aliphatic carbocycles. The van der Waals surface area contributed by atoms with Crippen LogP contribution in [0.2, 0.25) is 0 Å². The lowest BCUT2D eigenvalue weighted by atomic mass is 10.1. The van der Waals surface area contributed by atoms with Gasteiger partial charge in [0.1, 0.15) is 5.76 Å². The molecule has 0 atom stereocenters. The topological polar surface area (TPSA) is 97.4 Å². The fourth-order valence-corrected chi connectivity index (χ4v) is 1.97. The maximum absolute atomic E-state index is 12.0. The van der Waals surface area contributed by atoms with E-state index in [-0.39, 0.29) is 10.8 Å². The second-order valence-corrected chi connectivity index (χ2v) is 4.88. The van der Waals surface area contributed by atoms with Gasteiger partial charge in [0.15, 0.2) is 5.11 Å². The number of benzene rings is 1. The van der Waals surface area contributed by atoms with Crippen molar-refractivity contribution >= 4 is 28.9 Å². The lowest BCUT2D eigenvalue weighted by Gasteiger charge is -2.08. The second-order valence-electron chi connectivity index (χ2n) is 4.47. The highest BCUT2D eigenvalue weighted by Gasteiger charge is 2.14. The average Bonchev–Trinajstić information content (AvgIpc) is 2.97. The minimum atomic E-state index is -0.493. The molecule has 0 saturated heterocycles. The van der Waals surface area contributed by atoms with Crippen molar-refractivity contribution in [3.05, 3.63) is 63.6 Å². The van der Waals surface area contributed by atoms with E-state index in [1.807, 2.05) is 0 Å². The van der Waals surface area contributed by atoms with Crippen LogP contribution in [0.4, 0.5) is 5.69 Å². The number of nitrogens with one attached hydrogen (secondary N) is 2. The first-order valence-corrected chi connectivity index (χ1v) is 6.75. The number of hydrogen-bond acceptors (Lipinski definition) is 5. The Balaban J connectivity index is 1.95. The standard InChI is InChI=1S/C14H13N3O4S/c1-9-7-10(4-5-12(9)17(19)20)13(18)16-14(22)15-8-11-3-2-6-21-11/h2-7H,8H2,1H3,(H2,15,16,18,22). The molecule has 1 heterocycles. The summed E-state index contributed by atoms with van der Waals surface area (Å²) in [6, 6.07) is 7.65. The smallest absolute Gasteiger partial charge is 0.272 e. The molecule has 2 aromatic rings. The van der Waals surface area contributed by atoms with Crippen molar-refractivity contribution in [1.82, 2.24) is 10.6 Å². The van der Waals surface area contributed by atoms with Gasteiger partial charge in [0.2, 0.25) is 0 Å². The van der Waals surface area contributed by atoms with Gasteiger partial charge in [-0.25, -0.2) is 0 Å². The molecular formula is C14H13N3O4S. The molecule has 0 fully saturated rings. The van der Waals surface area contributed by atoms with Crippen molar-refractivity contribution in [1.29, 1.82) is 0 Å². The number of nitro benzene ring substituents is 1. The number of nitrogens with zero attached hydrogens (tertiary/aromatic N) is 1. The van der Waals surface area contributed by atoms with E-state index in [0.717, 1.165) is 0 Å². The van der Waals surface area contributed by atoms with Crippen molar-refractivity contribution < 1.29 is 14.1 Å². The summed E-state index contributed by atoms with van der Waals surface area (Å²) in [4.78, 5) is 22.3. The van der Waals surface area contributed by atoms with Crippen molar-refractivity contribution in [2.24, 2.45) is 0 Å². The van der Waals surface area contributed by atoms with Crippen molar-refractivity contribution in [3.8, 4) is 0 Å². The van der Waals surface area contributed by atoms with Gasteiger partial charge in [0.25, 0.3) is 11.6 Å². The molecule has 1 aromatic heterocycles. The molecule has 1 amide bonds. The van der Waals surface area contributed by atoms with Gasteiger partial charge in [-0.05, 0) is 43.4 Å². The van der Waals surface area contributed by atoms with Crippen LogP contribution in [0, 0.1) is 17.0 Å². The second kappa shape index (κ2) is 6.81. The Morgan fingerprint density at radius 1 is 1.41 bits per heavy atom. The summed E-state index contributed by atoms with van der Waals surface area (Å²) in [6.45, 7) is 1.92. The first kappa shape index (κ1) is 15.6. The van der Waals surface area contributed by atoms with Crippen LogP contribution in [-0.4, -0.2) is 15.9 Å². The van der Waals surface area contributed by atoms with Crippen molar-refractivity contribution in [3.63, 3.8) is 0 Å². The van der Waals surface area contributed by atoms with Gasteiger partial charge in [0, 0.05) is 17.2 Å². The highest BCUT2D eigenvalue weighted by atomic mass is 32.1. The van der Waals surface area contributed by atoms with Gasteiger partial charge in [-0.2, -0.15) is 0 Å². The normalized spacial score (nSPS) is 10.0. The molecule has 22 heavy (non-hydrogen) atoms. The first-order chi connectivity index (χ1) is 10.5. The van der Waals surface area contributed by atoms with Crippen LogP contribution in [0.1, 0.15) is 21.7 Å². The summed E-state index contributed by atoms with van der Waals surface area (Å²) in [5.74, 6) is 0.248. The summed E-state index contributed by atoms with van der Waals surface area (Å²) in [5.41, 5.74) is 0.674. The van der Waals surface area contributed by atoms with E-state index < -0.39 is 10.8 Å². The maximum atomic E-state index is 12.0. The Morgan fingerprint density at radius 3 is 2.77 bits per heavy atom. The van der Waals surface area contributed by atoms with Gasteiger partial charge in [-0.15, -0.1) is 0 Å². The quantitative estimate of drug-likeness (QED) is 0.510. The first-order valence-electron chi connectivity index (χ1n) is 6.34. The molecule has 0 spiro atoms. The number of rotatable bonds is 4. The van der Waals surface area contributed by atoms with Crippen LogP contribution >= 0.6 is 12.2 Å².